The van der Waals surface area contributed by atoms with Crippen LogP contribution in [-0.2, 0) is 16.1 Å². The molecule has 2 aromatic carbocycles. The van der Waals surface area contributed by atoms with Crippen molar-refractivity contribution in [3.8, 4) is 0 Å². The van der Waals surface area contributed by atoms with E-state index in [1.54, 1.807) is 12.1 Å². The predicted octanol–water partition coefficient (Wildman–Crippen LogP) is 5.30. The normalized spacial score (nSPS) is 15.9. The molecule has 3 aromatic rings. The van der Waals surface area contributed by atoms with Crippen molar-refractivity contribution in [2.45, 2.75) is 44.8 Å². The molecule has 36 heavy (non-hydrogen) atoms. The smallest absolute Gasteiger partial charge is 0.291 e. The fourth-order valence-corrected chi connectivity index (χ4v) is 4.76. The predicted molar refractivity (Wildman–Crippen MR) is 141 cm³/mol. The summed E-state index contributed by atoms with van der Waals surface area (Å²) in [6, 6.07) is 19.0. The summed E-state index contributed by atoms with van der Waals surface area (Å²) >= 11 is 0. The van der Waals surface area contributed by atoms with Crippen molar-refractivity contribution in [3.63, 3.8) is 0 Å². The first-order chi connectivity index (χ1) is 17.5. The summed E-state index contributed by atoms with van der Waals surface area (Å²) in [5.41, 5.74) is 3.61. The van der Waals surface area contributed by atoms with Crippen LogP contribution in [0.4, 0.5) is 11.4 Å². The highest BCUT2D eigenvalue weighted by atomic mass is 16.5. The van der Waals surface area contributed by atoms with Crippen molar-refractivity contribution in [2.75, 3.05) is 37.5 Å². The molecule has 1 aliphatic heterocycles. The fraction of sp³-hybridized carbons (Fsp3) is 0.379. The van der Waals surface area contributed by atoms with E-state index in [1.807, 2.05) is 72.4 Å². The first-order valence-corrected chi connectivity index (χ1v) is 12.6. The summed E-state index contributed by atoms with van der Waals surface area (Å²) in [6.07, 6.45) is 4.18. The van der Waals surface area contributed by atoms with Gasteiger partial charge in [-0.2, -0.15) is 0 Å². The van der Waals surface area contributed by atoms with Crippen molar-refractivity contribution in [3.05, 3.63) is 83.8 Å². The zero-order valence-electron chi connectivity index (χ0n) is 21.3. The van der Waals surface area contributed by atoms with E-state index < -0.39 is 0 Å². The number of amides is 2. The second-order valence-corrected chi connectivity index (χ2v) is 9.39. The number of furan rings is 1. The van der Waals surface area contributed by atoms with E-state index >= 15 is 0 Å². The van der Waals surface area contributed by atoms with Crippen LogP contribution in [0.15, 0.2) is 71.3 Å². The van der Waals surface area contributed by atoms with Gasteiger partial charge in [-0.25, -0.2) is 0 Å². The van der Waals surface area contributed by atoms with Crippen LogP contribution in [0.5, 0.6) is 0 Å². The van der Waals surface area contributed by atoms with Crippen LogP contribution in [0.25, 0.3) is 0 Å². The summed E-state index contributed by atoms with van der Waals surface area (Å²) in [4.78, 5) is 30.4. The molecule has 2 amide bonds. The zero-order valence-corrected chi connectivity index (χ0v) is 21.3. The second-order valence-electron chi connectivity index (χ2n) is 9.39. The molecule has 1 N–H and O–H groups in total. The Labute approximate surface area is 213 Å². The molecule has 1 aliphatic rings. The maximum absolute atomic E-state index is 13.9. The molecule has 0 saturated carbocycles. The van der Waals surface area contributed by atoms with Gasteiger partial charge in [0, 0.05) is 45.2 Å². The van der Waals surface area contributed by atoms with E-state index in [-0.39, 0.29) is 29.6 Å². The molecule has 4 rings (SSSR count). The maximum atomic E-state index is 13.9. The minimum Gasteiger partial charge on any atom is -0.459 e. The Morgan fingerprint density at radius 2 is 1.89 bits per heavy atom. The van der Waals surface area contributed by atoms with E-state index in [1.165, 1.54) is 6.26 Å². The molecule has 190 valence electrons. The zero-order chi connectivity index (χ0) is 25.5. The lowest BCUT2D eigenvalue weighted by Gasteiger charge is -2.31. The van der Waals surface area contributed by atoms with Crippen molar-refractivity contribution in [2.24, 2.45) is 0 Å². The van der Waals surface area contributed by atoms with Gasteiger partial charge in [0.2, 0.25) is 5.91 Å². The van der Waals surface area contributed by atoms with Crippen LogP contribution >= 0.6 is 0 Å². The van der Waals surface area contributed by atoms with Gasteiger partial charge in [0.25, 0.3) is 5.91 Å². The van der Waals surface area contributed by atoms with Crippen LogP contribution < -0.4 is 10.2 Å². The number of benzene rings is 2. The Hall–Kier alpha value is -3.58. The quantitative estimate of drug-likeness (QED) is 0.418. The van der Waals surface area contributed by atoms with E-state index in [9.17, 15) is 9.59 Å². The molecule has 1 aromatic heterocycles. The van der Waals surface area contributed by atoms with Crippen molar-refractivity contribution in [1.82, 2.24) is 4.90 Å². The largest absolute Gasteiger partial charge is 0.459 e. The Morgan fingerprint density at radius 3 is 2.53 bits per heavy atom. The minimum absolute atomic E-state index is 0.0341. The Kier molecular flexibility index (Phi) is 8.44. The monoisotopic (exact) mass is 489 g/mol. The van der Waals surface area contributed by atoms with Gasteiger partial charge in [-0.1, -0.05) is 37.3 Å². The number of rotatable bonds is 10. The molecule has 7 nitrogen and oxygen atoms in total. The van der Waals surface area contributed by atoms with Gasteiger partial charge < -0.3 is 24.3 Å². The molecule has 1 fully saturated rings. The molecule has 2 atom stereocenters. The van der Waals surface area contributed by atoms with E-state index in [0.717, 1.165) is 36.3 Å². The maximum Gasteiger partial charge on any atom is 0.291 e. The molecule has 0 spiro atoms. The van der Waals surface area contributed by atoms with Crippen LogP contribution in [0.2, 0.25) is 0 Å². The minimum atomic E-state index is -0.314. The van der Waals surface area contributed by atoms with Gasteiger partial charge in [0.15, 0.2) is 5.76 Å². The summed E-state index contributed by atoms with van der Waals surface area (Å²) in [6.45, 7) is 3.74. The molecule has 2 heterocycles. The van der Waals surface area contributed by atoms with Gasteiger partial charge in [-0.3, -0.25) is 9.59 Å². The Balaban J connectivity index is 1.63. The molecule has 0 radical (unpaired) electrons. The topological polar surface area (TPSA) is 75.0 Å². The SMILES string of the molecule is CCC(C(=O)N(Cc1cc(NC(=O)c2ccco2)ccc1N(C)C)CC1CCCO1)c1ccccc1. The fourth-order valence-electron chi connectivity index (χ4n) is 4.76. The van der Waals surface area contributed by atoms with Crippen LogP contribution in [0.3, 0.4) is 0 Å². The lowest BCUT2D eigenvalue weighted by Crippen LogP contribution is -2.40. The lowest BCUT2D eigenvalue weighted by molar-refractivity contribution is -0.135. The number of nitrogens with one attached hydrogen (secondary N) is 1. The second kappa shape index (κ2) is 11.9. The third-order valence-corrected chi connectivity index (χ3v) is 6.59. The van der Waals surface area contributed by atoms with E-state index in [0.29, 0.717) is 25.2 Å². The molecule has 1 saturated heterocycles. The van der Waals surface area contributed by atoms with Gasteiger partial charge >= 0.3 is 0 Å². The summed E-state index contributed by atoms with van der Waals surface area (Å²) < 4.78 is 11.1. The molecule has 2 unspecified atom stereocenters. The number of anilines is 2. The molecule has 0 aliphatic carbocycles. The Bertz CT molecular complexity index is 1140. The summed E-state index contributed by atoms with van der Waals surface area (Å²) in [5, 5.41) is 2.91. The first kappa shape index (κ1) is 25.5. The average molecular weight is 490 g/mol. The number of hydrogen-bond acceptors (Lipinski definition) is 5. The highest BCUT2D eigenvalue weighted by Crippen LogP contribution is 2.29. The number of carbonyl (C=O) groups excluding carboxylic acids is 2. The molecular weight excluding hydrogens is 454 g/mol. The third-order valence-electron chi connectivity index (χ3n) is 6.59. The first-order valence-electron chi connectivity index (χ1n) is 12.6. The number of nitrogens with zero attached hydrogens (tertiary/aromatic N) is 2. The summed E-state index contributed by atoms with van der Waals surface area (Å²) in [5.74, 6) is -0.200. The highest BCUT2D eigenvalue weighted by molar-refractivity contribution is 6.02. The summed E-state index contributed by atoms with van der Waals surface area (Å²) in [7, 11) is 3.95. The van der Waals surface area contributed by atoms with E-state index in [4.69, 9.17) is 9.15 Å². The van der Waals surface area contributed by atoms with E-state index in [2.05, 4.69) is 12.2 Å². The van der Waals surface area contributed by atoms with Crippen LogP contribution in [-0.4, -0.2) is 50.1 Å². The van der Waals surface area contributed by atoms with Gasteiger partial charge in [-0.05, 0) is 60.7 Å². The van der Waals surface area contributed by atoms with Crippen molar-refractivity contribution >= 4 is 23.2 Å². The van der Waals surface area contributed by atoms with Crippen molar-refractivity contribution < 1.29 is 18.7 Å². The van der Waals surface area contributed by atoms with Gasteiger partial charge in [0.05, 0.1) is 18.3 Å². The number of hydrogen-bond donors (Lipinski definition) is 1. The van der Waals surface area contributed by atoms with Crippen molar-refractivity contribution in [1.29, 1.82) is 0 Å². The van der Waals surface area contributed by atoms with Crippen LogP contribution in [0, 0.1) is 0 Å². The standard InChI is InChI=1S/C29H35N3O4/c1-4-25(21-10-6-5-7-11-21)29(34)32(20-24-12-8-16-35-24)19-22-18-23(14-15-26(22)31(2)3)30-28(33)27-13-9-17-36-27/h5-7,9-11,13-15,17-18,24-25H,4,8,12,16,19-20H2,1-3H3,(H,30,33). The lowest BCUT2D eigenvalue weighted by atomic mass is 9.94. The number of ether oxygens (including phenoxy) is 1. The molecular formula is C29H35N3O4. The molecule has 0 bridgehead atoms. The Morgan fingerprint density at radius 1 is 1.08 bits per heavy atom. The van der Waals surface area contributed by atoms with Gasteiger partial charge in [0.1, 0.15) is 0 Å². The van der Waals surface area contributed by atoms with Gasteiger partial charge in [-0.15, -0.1) is 0 Å². The third kappa shape index (κ3) is 6.15. The van der Waals surface area contributed by atoms with Crippen LogP contribution in [0.1, 0.15) is 53.8 Å². The molecule has 7 heteroatoms. The average Bonchev–Trinajstić information content (AvgIpc) is 3.59. The highest BCUT2D eigenvalue weighted by Gasteiger charge is 2.29. The number of carbonyl (C=O) groups is 2.